The van der Waals surface area contributed by atoms with Crippen molar-refractivity contribution in [3.63, 3.8) is 0 Å². The molecule has 1 atom stereocenters. The summed E-state index contributed by atoms with van der Waals surface area (Å²) in [5.41, 5.74) is 1.68. The Morgan fingerprint density at radius 1 is 0.864 bits per heavy atom. The number of allylic oxidation sites excluding steroid dienone is 4. The monoisotopic (exact) mass is 302 g/mol. The molecule has 0 heteroatoms. The average Bonchev–Trinajstić information content (AvgIpc) is 2.58. The van der Waals surface area contributed by atoms with Crippen molar-refractivity contribution in [3.8, 4) is 0 Å². The Bertz CT molecular complexity index is 341. The highest BCUT2D eigenvalue weighted by molar-refractivity contribution is 5.26. The molecular formula is C22H38. The van der Waals surface area contributed by atoms with Crippen molar-refractivity contribution in [2.24, 2.45) is 17.8 Å². The van der Waals surface area contributed by atoms with E-state index in [1.165, 1.54) is 83.5 Å². The first-order valence-electron chi connectivity index (χ1n) is 10.2. The van der Waals surface area contributed by atoms with Crippen LogP contribution in [0.2, 0.25) is 0 Å². The van der Waals surface area contributed by atoms with Crippen LogP contribution in [0.4, 0.5) is 0 Å². The van der Waals surface area contributed by atoms with E-state index in [1.807, 2.05) is 0 Å². The molecule has 0 radical (unpaired) electrons. The van der Waals surface area contributed by atoms with Crippen molar-refractivity contribution < 1.29 is 0 Å². The minimum Gasteiger partial charge on any atom is -0.0808 e. The van der Waals surface area contributed by atoms with E-state index in [1.54, 1.807) is 5.57 Å². The zero-order valence-electron chi connectivity index (χ0n) is 15.2. The lowest BCUT2D eigenvalue weighted by atomic mass is 9.75. The van der Waals surface area contributed by atoms with Gasteiger partial charge in [-0.05, 0) is 61.9 Å². The molecule has 0 saturated heterocycles. The SMILES string of the molecule is CCCCCCC1C=CC(C2CCC(CCCC)CC2)=CC1. The zero-order valence-corrected chi connectivity index (χ0v) is 15.2. The molecule has 0 heterocycles. The Labute approximate surface area is 139 Å². The highest BCUT2D eigenvalue weighted by atomic mass is 14.3. The van der Waals surface area contributed by atoms with E-state index >= 15 is 0 Å². The molecule has 0 aromatic heterocycles. The summed E-state index contributed by atoms with van der Waals surface area (Å²) in [6.45, 7) is 4.62. The quantitative estimate of drug-likeness (QED) is 0.388. The van der Waals surface area contributed by atoms with Crippen LogP contribution in [0.5, 0.6) is 0 Å². The second kappa shape index (κ2) is 10.3. The van der Waals surface area contributed by atoms with Crippen LogP contribution in [0.1, 0.15) is 97.3 Å². The fraction of sp³-hybridized carbons (Fsp3) is 0.818. The normalized spacial score (nSPS) is 28.6. The molecule has 1 unspecified atom stereocenters. The first-order valence-corrected chi connectivity index (χ1v) is 10.2. The van der Waals surface area contributed by atoms with Crippen LogP contribution in [0.3, 0.4) is 0 Å². The summed E-state index contributed by atoms with van der Waals surface area (Å²) in [6, 6.07) is 0. The lowest BCUT2D eigenvalue weighted by Crippen LogP contribution is -2.17. The maximum atomic E-state index is 2.58. The third kappa shape index (κ3) is 5.94. The summed E-state index contributed by atoms with van der Waals surface area (Å²) < 4.78 is 0. The maximum absolute atomic E-state index is 2.58. The fourth-order valence-corrected chi connectivity index (χ4v) is 4.31. The highest BCUT2D eigenvalue weighted by Crippen LogP contribution is 2.37. The first-order chi connectivity index (χ1) is 10.8. The molecular weight excluding hydrogens is 264 g/mol. The van der Waals surface area contributed by atoms with Gasteiger partial charge in [0.05, 0.1) is 0 Å². The lowest BCUT2D eigenvalue weighted by Gasteiger charge is -2.30. The van der Waals surface area contributed by atoms with Gasteiger partial charge in [-0.1, -0.05) is 77.0 Å². The molecule has 0 bridgehead atoms. The Morgan fingerprint density at radius 2 is 1.64 bits per heavy atom. The van der Waals surface area contributed by atoms with Gasteiger partial charge < -0.3 is 0 Å². The van der Waals surface area contributed by atoms with E-state index < -0.39 is 0 Å². The molecule has 1 fully saturated rings. The largest absolute Gasteiger partial charge is 0.0808 e. The van der Waals surface area contributed by atoms with E-state index in [0.717, 1.165) is 17.8 Å². The van der Waals surface area contributed by atoms with Crippen LogP contribution in [-0.4, -0.2) is 0 Å². The van der Waals surface area contributed by atoms with Crippen LogP contribution < -0.4 is 0 Å². The summed E-state index contributed by atoms with van der Waals surface area (Å²) in [7, 11) is 0. The molecule has 2 aliphatic rings. The number of hydrogen-bond donors (Lipinski definition) is 0. The van der Waals surface area contributed by atoms with Gasteiger partial charge in [-0.3, -0.25) is 0 Å². The molecule has 0 nitrogen and oxygen atoms in total. The van der Waals surface area contributed by atoms with Crippen molar-refractivity contribution in [2.75, 3.05) is 0 Å². The molecule has 126 valence electrons. The molecule has 0 N–H and O–H groups in total. The molecule has 22 heavy (non-hydrogen) atoms. The predicted molar refractivity (Wildman–Crippen MR) is 99.1 cm³/mol. The molecule has 1 saturated carbocycles. The average molecular weight is 303 g/mol. The van der Waals surface area contributed by atoms with Crippen LogP contribution in [0.25, 0.3) is 0 Å². The van der Waals surface area contributed by atoms with Gasteiger partial charge in [0, 0.05) is 0 Å². The van der Waals surface area contributed by atoms with Gasteiger partial charge in [0.25, 0.3) is 0 Å². The third-order valence-corrected chi connectivity index (χ3v) is 5.93. The lowest BCUT2D eigenvalue weighted by molar-refractivity contribution is 0.284. The van der Waals surface area contributed by atoms with Gasteiger partial charge in [-0.2, -0.15) is 0 Å². The van der Waals surface area contributed by atoms with Gasteiger partial charge >= 0.3 is 0 Å². The summed E-state index contributed by atoms with van der Waals surface area (Å²) in [5.74, 6) is 2.76. The topological polar surface area (TPSA) is 0 Å². The third-order valence-electron chi connectivity index (χ3n) is 5.93. The Kier molecular flexibility index (Phi) is 8.34. The summed E-state index contributed by atoms with van der Waals surface area (Å²) in [4.78, 5) is 0. The molecule has 0 aromatic carbocycles. The Morgan fingerprint density at radius 3 is 2.27 bits per heavy atom. The molecule has 2 rings (SSSR count). The van der Waals surface area contributed by atoms with Crippen molar-refractivity contribution in [1.29, 1.82) is 0 Å². The van der Waals surface area contributed by atoms with E-state index in [4.69, 9.17) is 0 Å². The molecule has 0 spiro atoms. The van der Waals surface area contributed by atoms with Gasteiger partial charge in [0.2, 0.25) is 0 Å². The van der Waals surface area contributed by atoms with Crippen LogP contribution in [-0.2, 0) is 0 Å². The Hall–Kier alpha value is -0.520. The van der Waals surface area contributed by atoms with E-state index in [9.17, 15) is 0 Å². The minimum absolute atomic E-state index is 0.835. The van der Waals surface area contributed by atoms with Crippen LogP contribution in [0.15, 0.2) is 23.8 Å². The van der Waals surface area contributed by atoms with E-state index in [-0.39, 0.29) is 0 Å². The van der Waals surface area contributed by atoms with E-state index in [0.29, 0.717) is 0 Å². The van der Waals surface area contributed by atoms with E-state index in [2.05, 4.69) is 32.1 Å². The summed E-state index contributed by atoms with van der Waals surface area (Å²) in [5, 5.41) is 0. The number of hydrogen-bond acceptors (Lipinski definition) is 0. The van der Waals surface area contributed by atoms with Crippen molar-refractivity contribution in [1.82, 2.24) is 0 Å². The summed E-state index contributed by atoms with van der Waals surface area (Å²) in [6.07, 6.45) is 26.1. The van der Waals surface area contributed by atoms with Crippen molar-refractivity contribution in [2.45, 2.75) is 97.3 Å². The van der Waals surface area contributed by atoms with Crippen LogP contribution in [0, 0.1) is 17.8 Å². The predicted octanol–water partition coefficient (Wildman–Crippen LogP) is 7.46. The first kappa shape index (κ1) is 17.8. The standard InChI is InChI=1S/C22H38/c1-3-5-7-8-10-20-13-17-22(18-14-20)21-15-11-19(12-16-21)9-6-4-2/h13,17-21H,3-12,14-16H2,1-2H3. The van der Waals surface area contributed by atoms with Crippen molar-refractivity contribution >= 4 is 0 Å². The molecule has 0 aromatic rings. The van der Waals surface area contributed by atoms with Crippen molar-refractivity contribution in [3.05, 3.63) is 23.8 Å². The zero-order chi connectivity index (χ0) is 15.6. The van der Waals surface area contributed by atoms with Crippen LogP contribution >= 0.6 is 0 Å². The number of unbranched alkanes of at least 4 members (excludes halogenated alkanes) is 4. The molecule has 0 amide bonds. The minimum atomic E-state index is 0.835. The second-order valence-corrected chi connectivity index (χ2v) is 7.77. The fourth-order valence-electron chi connectivity index (χ4n) is 4.31. The second-order valence-electron chi connectivity index (χ2n) is 7.77. The van der Waals surface area contributed by atoms with Gasteiger partial charge in [0.15, 0.2) is 0 Å². The number of rotatable bonds is 9. The van der Waals surface area contributed by atoms with Gasteiger partial charge in [-0.25, -0.2) is 0 Å². The Balaban J connectivity index is 1.66. The smallest absolute Gasteiger partial charge is 0.0165 e. The maximum Gasteiger partial charge on any atom is -0.0165 e. The molecule has 2 aliphatic carbocycles. The van der Waals surface area contributed by atoms with Gasteiger partial charge in [-0.15, -0.1) is 0 Å². The summed E-state index contributed by atoms with van der Waals surface area (Å²) >= 11 is 0. The van der Waals surface area contributed by atoms with Gasteiger partial charge in [0.1, 0.15) is 0 Å². The molecule has 0 aliphatic heterocycles. The highest BCUT2D eigenvalue weighted by Gasteiger charge is 2.23.